The SMILES string of the molecule is CC(O)[C@@H](On1c(=O)[nH]c2nc(-c3cnn(C(C)C)c3)ccc21)c1c(O)ccc(F)c1O. The number of hydrogen-bond acceptors (Lipinski definition) is 7. The Kier molecular flexibility index (Phi) is 5.35. The van der Waals surface area contributed by atoms with E-state index in [0.29, 0.717) is 5.69 Å². The highest BCUT2D eigenvalue weighted by atomic mass is 19.1. The molecule has 0 amide bonds. The molecular weight excluding hydrogens is 421 g/mol. The van der Waals surface area contributed by atoms with Gasteiger partial charge in [0.15, 0.2) is 23.3 Å². The molecule has 3 heterocycles. The fourth-order valence-electron chi connectivity index (χ4n) is 3.33. The number of aromatic nitrogens is 5. The minimum atomic E-state index is -1.45. The van der Waals surface area contributed by atoms with Crippen molar-refractivity contribution >= 4 is 11.2 Å². The molecule has 1 aromatic carbocycles. The van der Waals surface area contributed by atoms with Crippen LogP contribution in [-0.4, -0.2) is 45.9 Å². The van der Waals surface area contributed by atoms with Crippen LogP contribution in [0.4, 0.5) is 4.39 Å². The minimum Gasteiger partial charge on any atom is -0.507 e. The summed E-state index contributed by atoms with van der Waals surface area (Å²) in [7, 11) is 0. The van der Waals surface area contributed by atoms with Gasteiger partial charge < -0.3 is 20.2 Å². The molecule has 4 aromatic rings. The van der Waals surface area contributed by atoms with Crippen LogP contribution in [0.15, 0.2) is 41.5 Å². The Hall–Kier alpha value is -3.86. The number of aliphatic hydroxyl groups is 1. The summed E-state index contributed by atoms with van der Waals surface area (Å²) in [5, 5.41) is 34.7. The molecule has 0 spiro atoms. The van der Waals surface area contributed by atoms with E-state index in [4.69, 9.17) is 4.84 Å². The Morgan fingerprint density at radius 2 is 1.91 bits per heavy atom. The van der Waals surface area contributed by atoms with Gasteiger partial charge in [0.25, 0.3) is 0 Å². The van der Waals surface area contributed by atoms with Gasteiger partial charge in [-0.3, -0.25) is 9.67 Å². The second-order valence-electron chi connectivity index (χ2n) is 7.69. The number of nitrogens with one attached hydrogen (secondary N) is 1. The number of aliphatic hydroxyl groups excluding tert-OH is 1. The van der Waals surface area contributed by atoms with Crippen LogP contribution in [0.2, 0.25) is 0 Å². The zero-order valence-corrected chi connectivity index (χ0v) is 17.5. The Labute approximate surface area is 181 Å². The van der Waals surface area contributed by atoms with Crippen molar-refractivity contribution in [2.75, 3.05) is 0 Å². The number of nitrogens with zero attached hydrogens (tertiary/aromatic N) is 4. The molecule has 168 valence electrons. The molecule has 3 aromatic heterocycles. The maximum Gasteiger partial charge on any atom is 0.360 e. The zero-order valence-electron chi connectivity index (χ0n) is 17.5. The molecule has 32 heavy (non-hydrogen) atoms. The molecule has 0 aliphatic rings. The number of H-pyrrole nitrogens is 1. The minimum absolute atomic E-state index is 0.176. The van der Waals surface area contributed by atoms with E-state index in [1.54, 1.807) is 23.0 Å². The third kappa shape index (κ3) is 3.66. The van der Waals surface area contributed by atoms with Crippen LogP contribution in [0.25, 0.3) is 22.4 Å². The zero-order chi connectivity index (χ0) is 23.2. The van der Waals surface area contributed by atoms with Crippen LogP contribution < -0.4 is 10.5 Å². The maximum absolute atomic E-state index is 13.9. The number of phenolic OH excluding ortho intramolecular Hbond substituents is 2. The lowest BCUT2D eigenvalue weighted by Crippen LogP contribution is -2.32. The normalized spacial score (nSPS) is 13.6. The largest absolute Gasteiger partial charge is 0.507 e. The first-order valence-corrected chi connectivity index (χ1v) is 9.89. The van der Waals surface area contributed by atoms with Gasteiger partial charge in [-0.2, -0.15) is 5.10 Å². The smallest absolute Gasteiger partial charge is 0.360 e. The predicted octanol–water partition coefficient (Wildman–Crippen LogP) is 2.27. The Bertz CT molecular complexity index is 1340. The number of aromatic amines is 1. The number of aromatic hydroxyl groups is 2. The van der Waals surface area contributed by atoms with E-state index in [1.807, 2.05) is 20.0 Å². The van der Waals surface area contributed by atoms with Crippen molar-refractivity contribution in [1.29, 1.82) is 0 Å². The number of rotatable bonds is 6. The van der Waals surface area contributed by atoms with Gasteiger partial charge in [-0.1, -0.05) is 0 Å². The standard InChI is InChI=1S/C21H22FN5O5/c1-10(2)26-9-12(8-23-26)14-5-6-15-20(24-14)25-21(31)27(15)32-19(11(3)28)17-16(29)7-4-13(22)18(17)30/h4-11,19,28-30H,1-3H3,(H,24,25,31)/t11?,19-/m1/s1. The number of imidazole rings is 1. The van der Waals surface area contributed by atoms with E-state index in [0.717, 1.165) is 22.4 Å². The summed E-state index contributed by atoms with van der Waals surface area (Å²) in [6.07, 6.45) is 0.730. The van der Waals surface area contributed by atoms with E-state index in [1.165, 1.54) is 6.92 Å². The lowest BCUT2D eigenvalue weighted by molar-refractivity contribution is -0.0403. The summed E-state index contributed by atoms with van der Waals surface area (Å²) in [6.45, 7) is 5.31. The van der Waals surface area contributed by atoms with Crippen LogP contribution in [0.5, 0.6) is 11.5 Å². The van der Waals surface area contributed by atoms with Crippen LogP contribution >= 0.6 is 0 Å². The highest BCUT2D eigenvalue weighted by Crippen LogP contribution is 2.37. The van der Waals surface area contributed by atoms with Gasteiger partial charge in [-0.15, -0.1) is 4.73 Å². The van der Waals surface area contributed by atoms with Crippen LogP contribution in [0, 0.1) is 5.82 Å². The number of hydrogen-bond donors (Lipinski definition) is 4. The molecule has 10 nitrogen and oxygen atoms in total. The Balaban J connectivity index is 1.75. The van der Waals surface area contributed by atoms with E-state index in [9.17, 15) is 24.5 Å². The molecule has 0 radical (unpaired) electrons. The summed E-state index contributed by atoms with van der Waals surface area (Å²) in [6, 6.07) is 5.33. The lowest BCUT2D eigenvalue weighted by atomic mass is 10.0. The lowest BCUT2D eigenvalue weighted by Gasteiger charge is -2.23. The average Bonchev–Trinajstić information content (AvgIpc) is 3.34. The van der Waals surface area contributed by atoms with Crippen molar-refractivity contribution in [2.24, 2.45) is 0 Å². The summed E-state index contributed by atoms with van der Waals surface area (Å²) in [4.78, 5) is 25.2. The molecule has 0 saturated heterocycles. The predicted molar refractivity (Wildman–Crippen MR) is 113 cm³/mol. The monoisotopic (exact) mass is 443 g/mol. The third-order valence-electron chi connectivity index (χ3n) is 5.02. The van der Waals surface area contributed by atoms with Gasteiger partial charge in [0.05, 0.1) is 23.6 Å². The van der Waals surface area contributed by atoms with E-state index < -0.39 is 35.2 Å². The molecule has 0 bridgehead atoms. The highest BCUT2D eigenvalue weighted by Gasteiger charge is 2.30. The Morgan fingerprint density at radius 1 is 1.16 bits per heavy atom. The summed E-state index contributed by atoms with van der Waals surface area (Å²) < 4.78 is 16.5. The van der Waals surface area contributed by atoms with Crippen LogP contribution in [0.1, 0.15) is 38.5 Å². The fraction of sp³-hybridized carbons (Fsp3) is 0.286. The number of fused-ring (bicyclic) bond motifs is 1. The molecule has 0 aliphatic carbocycles. The quantitative estimate of drug-likeness (QED) is 0.359. The van der Waals surface area contributed by atoms with Crippen molar-refractivity contribution < 1.29 is 24.5 Å². The van der Waals surface area contributed by atoms with E-state index >= 15 is 0 Å². The summed E-state index contributed by atoms with van der Waals surface area (Å²) in [5.41, 5.74) is 0.699. The van der Waals surface area contributed by atoms with E-state index in [-0.39, 0.29) is 22.8 Å². The summed E-state index contributed by atoms with van der Waals surface area (Å²) >= 11 is 0. The first kappa shape index (κ1) is 21.4. The third-order valence-corrected chi connectivity index (χ3v) is 5.02. The second kappa shape index (κ2) is 8.00. The van der Waals surface area contributed by atoms with Crippen molar-refractivity contribution in [3.8, 4) is 22.8 Å². The molecule has 11 heteroatoms. The van der Waals surface area contributed by atoms with Gasteiger partial charge in [-0.05, 0) is 45.0 Å². The van der Waals surface area contributed by atoms with Crippen LogP contribution in [-0.2, 0) is 0 Å². The molecule has 0 aliphatic heterocycles. The fourth-order valence-corrected chi connectivity index (χ4v) is 3.33. The number of benzene rings is 1. The molecule has 2 atom stereocenters. The summed E-state index contributed by atoms with van der Waals surface area (Å²) in [5.74, 6) is -2.39. The average molecular weight is 443 g/mol. The number of halogens is 1. The first-order valence-electron chi connectivity index (χ1n) is 9.89. The van der Waals surface area contributed by atoms with Gasteiger partial charge in [-0.25, -0.2) is 14.2 Å². The van der Waals surface area contributed by atoms with Gasteiger partial charge in [0, 0.05) is 17.8 Å². The second-order valence-corrected chi connectivity index (χ2v) is 7.69. The van der Waals surface area contributed by atoms with Crippen molar-refractivity contribution in [1.82, 2.24) is 24.5 Å². The van der Waals surface area contributed by atoms with Crippen molar-refractivity contribution in [3.05, 3.63) is 58.5 Å². The number of pyridine rings is 1. The van der Waals surface area contributed by atoms with E-state index in [2.05, 4.69) is 15.1 Å². The Morgan fingerprint density at radius 3 is 2.56 bits per heavy atom. The molecule has 0 saturated carbocycles. The highest BCUT2D eigenvalue weighted by molar-refractivity contribution is 5.75. The van der Waals surface area contributed by atoms with Gasteiger partial charge in [0.2, 0.25) is 0 Å². The van der Waals surface area contributed by atoms with Crippen molar-refractivity contribution in [2.45, 2.75) is 39.0 Å². The van der Waals surface area contributed by atoms with Gasteiger partial charge >= 0.3 is 5.69 Å². The molecule has 4 rings (SSSR count). The topological polar surface area (TPSA) is 138 Å². The molecule has 1 unspecified atom stereocenters. The van der Waals surface area contributed by atoms with Crippen LogP contribution in [0.3, 0.4) is 0 Å². The maximum atomic E-state index is 13.9. The van der Waals surface area contributed by atoms with Gasteiger partial charge in [0.1, 0.15) is 11.3 Å². The molecule has 0 fully saturated rings. The van der Waals surface area contributed by atoms with Crippen molar-refractivity contribution in [3.63, 3.8) is 0 Å². The first-order chi connectivity index (χ1) is 15.2. The molecular formula is C21H22FN5O5. The number of phenols is 2. The molecule has 4 N–H and O–H groups in total.